The predicted octanol–water partition coefficient (Wildman–Crippen LogP) is 2.05. The second kappa shape index (κ2) is 4.47. The van der Waals surface area contributed by atoms with Gasteiger partial charge in [0.2, 0.25) is 0 Å². The Morgan fingerprint density at radius 3 is 2.67 bits per heavy atom. The first kappa shape index (κ1) is 9.54. The maximum absolute atomic E-state index is 8.71. The lowest BCUT2D eigenvalue weighted by atomic mass is 9.77. The van der Waals surface area contributed by atoms with Gasteiger partial charge < -0.3 is 5.73 Å². The molecule has 1 saturated carbocycles. The number of hydrogen-bond acceptors (Lipinski definition) is 2. The predicted molar refractivity (Wildman–Crippen MR) is 49.3 cm³/mol. The first-order valence-corrected chi connectivity index (χ1v) is 4.91. The fraction of sp³-hybridized carbons (Fsp3) is 0.900. The Morgan fingerprint density at radius 1 is 1.58 bits per heavy atom. The Hall–Kier alpha value is -0.550. The van der Waals surface area contributed by atoms with E-state index < -0.39 is 0 Å². The lowest BCUT2D eigenvalue weighted by molar-refractivity contribution is 0.237. The number of rotatable bonds is 4. The molecule has 0 aromatic heterocycles. The summed E-state index contributed by atoms with van der Waals surface area (Å²) in [6.45, 7) is 2.08. The minimum atomic E-state index is 0.279. The summed E-state index contributed by atoms with van der Waals surface area (Å²) in [6.07, 6.45) is 5.64. The van der Waals surface area contributed by atoms with Crippen LogP contribution in [0.4, 0.5) is 0 Å². The first-order chi connectivity index (χ1) is 5.76. The van der Waals surface area contributed by atoms with Crippen LogP contribution in [0.15, 0.2) is 0 Å². The summed E-state index contributed by atoms with van der Waals surface area (Å²) < 4.78 is 0. The van der Waals surface area contributed by atoms with Gasteiger partial charge in [-0.05, 0) is 38.0 Å². The van der Waals surface area contributed by atoms with Crippen LogP contribution in [0.3, 0.4) is 0 Å². The summed E-state index contributed by atoms with van der Waals surface area (Å²) in [7, 11) is 0. The highest BCUT2D eigenvalue weighted by molar-refractivity contribution is 4.86. The maximum Gasteiger partial charge on any atom is 0.0655 e. The largest absolute Gasteiger partial charge is 0.328 e. The Kier molecular flexibility index (Phi) is 3.55. The van der Waals surface area contributed by atoms with Crippen LogP contribution in [-0.2, 0) is 0 Å². The van der Waals surface area contributed by atoms with Crippen LogP contribution in [0.2, 0.25) is 0 Å². The van der Waals surface area contributed by atoms with Crippen LogP contribution in [0, 0.1) is 23.2 Å². The average Bonchev–Trinajstić information content (AvgIpc) is 2.03. The SMILES string of the molecule is CCC(C#N)CCC1CC(N)C1. The van der Waals surface area contributed by atoms with Gasteiger partial charge in [0.15, 0.2) is 0 Å². The standard InChI is InChI=1S/C10H18N2/c1-2-8(7-11)3-4-9-5-10(12)6-9/h8-10H,2-6,12H2,1H3. The lowest BCUT2D eigenvalue weighted by Gasteiger charge is -2.32. The highest BCUT2D eigenvalue weighted by Gasteiger charge is 2.25. The number of hydrogen-bond donors (Lipinski definition) is 1. The van der Waals surface area contributed by atoms with E-state index in [1.54, 1.807) is 0 Å². The van der Waals surface area contributed by atoms with Crippen LogP contribution >= 0.6 is 0 Å². The first-order valence-electron chi connectivity index (χ1n) is 4.91. The fourth-order valence-corrected chi connectivity index (χ4v) is 1.82. The highest BCUT2D eigenvalue weighted by Crippen LogP contribution is 2.31. The van der Waals surface area contributed by atoms with E-state index in [0.717, 1.165) is 18.8 Å². The third-order valence-electron chi connectivity index (χ3n) is 2.87. The maximum atomic E-state index is 8.71. The van der Waals surface area contributed by atoms with Crippen molar-refractivity contribution in [1.29, 1.82) is 5.26 Å². The van der Waals surface area contributed by atoms with E-state index in [1.165, 1.54) is 19.3 Å². The zero-order valence-corrected chi connectivity index (χ0v) is 7.79. The Morgan fingerprint density at radius 2 is 2.25 bits per heavy atom. The van der Waals surface area contributed by atoms with Crippen molar-refractivity contribution in [2.45, 2.75) is 45.1 Å². The van der Waals surface area contributed by atoms with Crippen molar-refractivity contribution in [2.75, 3.05) is 0 Å². The molecule has 0 aromatic rings. The van der Waals surface area contributed by atoms with Crippen molar-refractivity contribution in [3.05, 3.63) is 0 Å². The molecule has 0 spiro atoms. The minimum absolute atomic E-state index is 0.279. The van der Waals surface area contributed by atoms with E-state index in [2.05, 4.69) is 13.0 Å². The normalized spacial score (nSPS) is 30.4. The van der Waals surface area contributed by atoms with E-state index in [1.807, 2.05) is 0 Å². The molecule has 2 heteroatoms. The average molecular weight is 166 g/mol. The van der Waals surface area contributed by atoms with Gasteiger partial charge in [0.1, 0.15) is 0 Å². The molecule has 12 heavy (non-hydrogen) atoms. The van der Waals surface area contributed by atoms with Crippen LogP contribution in [0.5, 0.6) is 0 Å². The van der Waals surface area contributed by atoms with Crippen LogP contribution in [0.25, 0.3) is 0 Å². The molecule has 1 aliphatic rings. The minimum Gasteiger partial charge on any atom is -0.328 e. The van der Waals surface area contributed by atoms with Gasteiger partial charge in [-0.15, -0.1) is 0 Å². The molecule has 1 aliphatic carbocycles. The van der Waals surface area contributed by atoms with Gasteiger partial charge >= 0.3 is 0 Å². The number of nitrogens with two attached hydrogens (primary N) is 1. The Labute approximate surface area is 74.8 Å². The zero-order valence-electron chi connectivity index (χ0n) is 7.79. The van der Waals surface area contributed by atoms with E-state index in [-0.39, 0.29) is 5.92 Å². The van der Waals surface area contributed by atoms with Crippen LogP contribution in [-0.4, -0.2) is 6.04 Å². The van der Waals surface area contributed by atoms with Gasteiger partial charge in [-0.1, -0.05) is 6.92 Å². The summed E-state index contributed by atoms with van der Waals surface area (Å²) in [4.78, 5) is 0. The molecular formula is C10H18N2. The van der Waals surface area contributed by atoms with E-state index in [0.29, 0.717) is 6.04 Å². The Balaban J connectivity index is 2.06. The molecule has 68 valence electrons. The Bertz CT molecular complexity index is 165. The molecule has 1 atom stereocenters. The molecule has 1 rings (SSSR count). The van der Waals surface area contributed by atoms with Gasteiger partial charge in [0.05, 0.1) is 6.07 Å². The number of nitriles is 1. The van der Waals surface area contributed by atoms with Crippen molar-refractivity contribution in [3.8, 4) is 6.07 Å². The summed E-state index contributed by atoms with van der Waals surface area (Å²) in [5.74, 6) is 1.10. The van der Waals surface area contributed by atoms with Gasteiger partial charge in [-0.25, -0.2) is 0 Å². The summed E-state index contributed by atoms with van der Waals surface area (Å²) in [5, 5.41) is 8.71. The molecule has 0 aromatic carbocycles. The summed E-state index contributed by atoms with van der Waals surface area (Å²) >= 11 is 0. The number of nitrogens with zero attached hydrogens (tertiary/aromatic N) is 1. The topological polar surface area (TPSA) is 49.8 Å². The molecule has 2 N–H and O–H groups in total. The monoisotopic (exact) mass is 166 g/mol. The van der Waals surface area contributed by atoms with E-state index in [4.69, 9.17) is 11.0 Å². The van der Waals surface area contributed by atoms with Gasteiger partial charge in [0.25, 0.3) is 0 Å². The van der Waals surface area contributed by atoms with Crippen molar-refractivity contribution in [2.24, 2.45) is 17.6 Å². The van der Waals surface area contributed by atoms with Gasteiger partial charge in [-0.3, -0.25) is 0 Å². The molecule has 0 saturated heterocycles. The molecule has 1 unspecified atom stereocenters. The molecule has 0 amide bonds. The van der Waals surface area contributed by atoms with Crippen molar-refractivity contribution in [1.82, 2.24) is 0 Å². The highest BCUT2D eigenvalue weighted by atomic mass is 14.7. The van der Waals surface area contributed by atoms with E-state index in [9.17, 15) is 0 Å². The second-order valence-electron chi connectivity index (χ2n) is 3.91. The summed E-state index contributed by atoms with van der Waals surface area (Å²) in [5.41, 5.74) is 5.68. The van der Waals surface area contributed by atoms with E-state index >= 15 is 0 Å². The van der Waals surface area contributed by atoms with Crippen molar-refractivity contribution in [3.63, 3.8) is 0 Å². The van der Waals surface area contributed by atoms with Gasteiger partial charge in [0, 0.05) is 12.0 Å². The molecule has 0 aliphatic heterocycles. The fourth-order valence-electron chi connectivity index (χ4n) is 1.82. The van der Waals surface area contributed by atoms with Crippen LogP contribution in [0.1, 0.15) is 39.0 Å². The lowest BCUT2D eigenvalue weighted by Crippen LogP contribution is -2.36. The summed E-state index contributed by atoms with van der Waals surface area (Å²) in [6, 6.07) is 2.79. The second-order valence-corrected chi connectivity index (χ2v) is 3.91. The molecule has 0 heterocycles. The molecule has 1 fully saturated rings. The zero-order chi connectivity index (χ0) is 8.97. The quantitative estimate of drug-likeness (QED) is 0.695. The third-order valence-corrected chi connectivity index (χ3v) is 2.87. The van der Waals surface area contributed by atoms with Gasteiger partial charge in [-0.2, -0.15) is 5.26 Å². The molecular weight excluding hydrogens is 148 g/mol. The molecule has 0 radical (unpaired) electrons. The van der Waals surface area contributed by atoms with Crippen molar-refractivity contribution < 1.29 is 0 Å². The third kappa shape index (κ3) is 2.49. The van der Waals surface area contributed by atoms with Crippen molar-refractivity contribution >= 4 is 0 Å². The molecule has 2 nitrogen and oxygen atoms in total. The smallest absolute Gasteiger partial charge is 0.0655 e. The molecule has 0 bridgehead atoms. The van der Waals surface area contributed by atoms with Crippen LogP contribution < -0.4 is 5.73 Å².